The molecule has 0 atom stereocenters. The molecule has 0 aromatic rings. The molecule has 0 spiro atoms. The highest BCUT2D eigenvalue weighted by Gasteiger charge is 2.16. The molecule has 0 bridgehead atoms. The third-order valence-electron chi connectivity index (χ3n) is 1.85. The van der Waals surface area contributed by atoms with Gasteiger partial charge in [-0.15, -0.1) is 6.58 Å². The third kappa shape index (κ3) is 5.72. The fourth-order valence-corrected chi connectivity index (χ4v) is 1.07. The van der Waals surface area contributed by atoms with E-state index in [-0.39, 0.29) is 25.0 Å². The maximum Gasteiger partial charge on any atom is 0.317 e. The van der Waals surface area contributed by atoms with Gasteiger partial charge in [-0.1, -0.05) is 6.08 Å². The molecule has 0 aliphatic rings. The molecule has 15 heavy (non-hydrogen) atoms. The van der Waals surface area contributed by atoms with E-state index >= 15 is 0 Å². The number of nitrogens with zero attached hydrogens (tertiary/aromatic N) is 1. The second-order valence-electron chi connectivity index (χ2n) is 3.41. The van der Waals surface area contributed by atoms with Crippen LogP contribution in [0.5, 0.6) is 0 Å². The topological polar surface area (TPSA) is 69.6 Å². The number of urea groups is 1. The Morgan fingerprint density at radius 2 is 2.13 bits per heavy atom. The van der Waals surface area contributed by atoms with E-state index in [1.165, 1.54) is 4.90 Å². The van der Waals surface area contributed by atoms with Gasteiger partial charge in [0.05, 0.1) is 6.42 Å². The maximum absolute atomic E-state index is 11.5. The molecular formula is C10H18N2O3. The Balaban J connectivity index is 4.18. The molecule has 0 fully saturated rings. The van der Waals surface area contributed by atoms with Gasteiger partial charge in [0, 0.05) is 19.1 Å². The summed E-state index contributed by atoms with van der Waals surface area (Å²) in [6.45, 7) is 7.77. The van der Waals surface area contributed by atoms with Crippen molar-refractivity contribution in [3.05, 3.63) is 12.7 Å². The van der Waals surface area contributed by atoms with Crippen LogP contribution in [0.25, 0.3) is 0 Å². The molecule has 2 N–H and O–H groups in total. The quantitative estimate of drug-likeness (QED) is 0.650. The van der Waals surface area contributed by atoms with Gasteiger partial charge in [0.1, 0.15) is 0 Å². The van der Waals surface area contributed by atoms with Crippen molar-refractivity contribution in [3.63, 3.8) is 0 Å². The summed E-state index contributed by atoms with van der Waals surface area (Å²) in [7, 11) is 0. The summed E-state index contributed by atoms with van der Waals surface area (Å²) in [4.78, 5) is 23.4. The maximum atomic E-state index is 11.5. The van der Waals surface area contributed by atoms with Crippen molar-refractivity contribution in [1.29, 1.82) is 0 Å². The van der Waals surface area contributed by atoms with Crippen molar-refractivity contribution in [1.82, 2.24) is 10.2 Å². The zero-order chi connectivity index (χ0) is 11.8. The number of carbonyl (C=O) groups is 2. The third-order valence-corrected chi connectivity index (χ3v) is 1.85. The number of hydrogen-bond donors (Lipinski definition) is 2. The number of aliphatic carboxylic acids is 1. The van der Waals surface area contributed by atoms with E-state index in [0.29, 0.717) is 6.54 Å². The highest BCUT2D eigenvalue weighted by Crippen LogP contribution is 2.00. The minimum atomic E-state index is -0.905. The Kier molecular flexibility index (Phi) is 6.17. The number of amides is 2. The molecule has 0 aliphatic carbocycles. The van der Waals surface area contributed by atoms with E-state index in [4.69, 9.17) is 5.11 Å². The first-order valence-corrected chi connectivity index (χ1v) is 4.86. The summed E-state index contributed by atoms with van der Waals surface area (Å²) in [5, 5.41) is 11.1. The number of carbonyl (C=O) groups excluding carboxylic acids is 1. The van der Waals surface area contributed by atoms with Crippen molar-refractivity contribution >= 4 is 12.0 Å². The highest BCUT2D eigenvalue weighted by atomic mass is 16.4. The van der Waals surface area contributed by atoms with Crippen LogP contribution >= 0.6 is 0 Å². The zero-order valence-corrected chi connectivity index (χ0v) is 9.19. The monoisotopic (exact) mass is 214 g/mol. The Morgan fingerprint density at radius 3 is 2.53 bits per heavy atom. The molecule has 2 amide bonds. The van der Waals surface area contributed by atoms with Crippen molar-refractivity contribution in [2.75, 3.05) is 13.1 Å². The largest absolute Gasteiger partial charge is 0.481 e. The first-order chi connectivity index (χ1) is 6.99. The fraction of sp³-hybridized carbons (Fsp3) is 0.600. The van der Waals surface area contributed by atoms with Crippen LogP contribution in [0.3, 0.4) is 0 Å². The van der Waals surface area contributed by atoms with Gasteiger partial charge >= 0.3 is 12.0 Å². The van der Waals surface area contributed by atoms with Gasteiger partial charge in [0.15, 0.2) is 0 Å². The smallest absolute Gasteiger partial charge is 0.317 e. The summed E-state index contributed by atoms with van der Waals surface area (Å²) < 4.78 is 0. The second kappa shape index (κ2) is 6.86. The molecular weight excluding hydrogens is 196 g/mol. The van der Waals surface area contributed by atoms with Gasteiger partial charge in [-0.2, -0.15) is 0 Å². The summed E-state index contributed by atoms with van der Waals surface area (Å²) in [6, 6.07) is -0.277. The van der Waals surface area contributed by atoms with Crippen LogP contribution in [-0.4, -0.2) is 41.1 Å². The van der Waals surface area contributed by atoms with Crippen molar-refractivity contribution in [2.24, 2.45) is 0 Å². The van der Waals surface area contributed by atoms with E-state index in [1.54, 1.807) is 6.08 Å². The Hall–Kier alpha value is -1.52. The lowest BCUT2D eigenvalue weighted by Gasteiger charge is -2.26. The van der Waals surface area contributed by atoms with Crippen LogP contribution < -0.4 is 5.32 Å². The summed E-state index contributed by atoms with van der Waals surface area (Å²) >= 11 is 0. The fourth-order valence-electron chi connectivity index (χ4n) is 1.07. The molecule has 0 aliphatic heterocycles. The molecule has 0 aromatic carbocycles. The molecule has 0 rings (SSSR count). The minimum Gasteiger partial charge on any atom is -0.481 e. The summed E-state index contributed by atoms with van der Waals surface area (Å²) in [5.41, 5.74) is 0. The molecule has 0 saturated carbocycles. The molecule has 5 heteroatoms. The molecule has 86 valence electrons. The van der Waals surface area contributed by atoms with E-state index in [9.17, 15) is 9.59 Å². The lowest BCUT2D eigenvalue weighted by molar-refractivity contribution is -0.137. The normalized spacial score (nSPS) is 9.80. The molecule has 0 saturated heterocycles. The van der Waals surface area contributed by atoms with E-state index < -0.39 is 5.97 Å². The summed E-state index contributed by atoms with van der Waals surface area (Å²) in [6.07, 6.45) is 1.54. The zero-order valence-electron chi connectivity index (χ0n) is 9.19. The molecule has 0 heterocycles. The van der Waals surface area contributed by atoms with E-state index in [1.807, 2.05) is 13.8 Å². The van der Waals surface area contributed by atoms with Crippen LogP contribution in [0.15, 0.2) is 12.7 Å². The molecule has 5 nitrogen and oxygen atoms in total. The second-order valence-corrected chi connectivity index (χ2v) is 3.41. The van der Waals surface area contributed by atoms with E-state index in [2.05, 4.69) is 11.9 Å². The first-order valence-electron chi connectivity index (χ1n) is 4.86. The van der Waals surface area contributed by atoms with Crippen LogP contribution in [0.1, 0.15) is 20.3 Å². The molecule has 0 radical (unpaired) electrons. The van der Waals surface area contributed by atoms with Gasteiger partial charge in [-0.3, -0.25) is 4.79 Å². The van der Waals surface area contributed by atoms with Gasteiger partial charge in [0.2, 0.25) is 0 Å². The predicted octanol–water partition coefficient (Wildman–Crippen LogP) is 1.07. The Labute approximate surface area is 89.8 Å². The SMILES string of the molecule is C=CCNC(=O)N(CCC(=O)O)C(C)C. The minimum absolute atomic E-state index is 0.0193. The average molecular weight is 214 g/mol. The number of rotatable bonds is 6. The number of hydrogen-bond acceptors (Lipinski definition) is 2. The predicted molar refractivity (Wildman–Crippen MR) is 57.7 cm³/mol. The lowest BCUT2D eigenvalue weighted by atomic mass is 10.3. The number of carboxylic acid groups (broad SMARTS) is 1. The Morgan fingerprint density at radius 1 is 1.53 bits per heavy atom. The number of carboxylic acids is 1. The van der Waals surface area contributed by atoms with Crippen molar-refractivity contribution in [3.8, 4) is 0 Å². The van der Waals surface area contributed by atoms with Crippen molar-refractivity contribution in [2.45, 2.75) is 26.3 Å². The summed E-state index contributed by atoms with van der Waals surface area (Å²) in [5.74, 6) is -0.905. The van der Waals surface area contributed by atoms with Crippen molar-refractivity contribution < 1.29 is 14.7 Å². The van der Waals surface area contributed by atoms with Gasteiger partial charge in [-0.25, -0.2) is 4.79 Å². The lowest BCUT2D eigenvalue weighted by Crippen LogP contribution is -2.44. The standard InChI is InChI=1S/C10H18N2O3/c1-4-6-11-10(15)12(8(2)3)7-5-9(13)14/h4,8H,1,5-7H2,2-3H3,(H,11,15)(H,13,14). The average Bonchev–Trinajstić information content (AvgIpc) is 2.13. The van der Waals surface area contributed by atoms with Crippen LogP contribution in [-0.2, 0) is 4.79 Å². The van der Waals surface area contributed by atoms with Crippen LogP contribution in [0.4, 0.5) is 4.79 Å². The van der Waals surface area contributed by atoms with Crippen LogP contribution in [0, 0.1) is 0 Å². The van der Waals surface area contributed by atoms with Gasteiger partial charge in [0.25, 0.3) is 0 Å². The number of nitrogens with one attached hydrogen (secondary N) is 1. The highest BCUT2D eigenvalue weighted by molar-refractivity contribution is 5.75. The molecule has 0 aromatic heterocycles. The Bertz CT molecular complexity index is 239. The van der Waals surface area contributed by atoms with Gasteiger partial charge in [-0.05, 0) is 13.8 Å². The van der Waals surface area contributed by atoms with Crippen LogP contribution in [0.2, 0.25) is 0 Å². The van der Waals surface area contributed by atoms with Gasteiger partial charge < -0.3 is 15.3 Å². The first kappa shape index (κ1) is 13.5. The van der Waals surface area contributed by atoms with E-state index in [0.717, 1.165) is 0 Å². The molecule has 0 unspecified atom stereocenters.